The summed E-state index contributed by atoms with van der Waals surface area (Å²) in [5.41, 5.74) is 0.289. The molecule has 0 saturated heterocycles. The van der Waals surface area contributed by atoms with Crippen LogP contribution in [0.1, 0.15) is 10.4 Å². The van der Waals surface area contributed by atoms with Crippen LogP contribution in [0.3, 0.4) is 0 Å². The number of carbonyl (C=O) groups is 1. The van der Waals surface area contributed by atoms with Gasteiger partial charge in [0.2, 0.25) is 0 Å². The molecule has 0 aliphatic rings. The van der Waals surface area contributed by atoms with Crippen molar-refractivity contribution in [2.24, 2.45) is 0 Å². The SMILES string of the molecule is COc1ccc(Oc2ccc([N+](=O)[O-])cc2C(=O)Nc2cccc(OC)c2)cc1. The van der Waals surface area contributed by atoms with Crippen LogP contribution in [-0.4, -0.2) is 25.1 Å². The maximum Gasteiger partial charge on any atom is 0.270 e. The van der Waals surface area contributed by atoms with Gasteiger partial charge in [-0.3, -0.25) is 14.9 Å². The number of nitrogens with zero attached hydrogens (tertiary/aromatic N) is 1. The van der Waals surface area contributed by atoms with E-state index in [-0.39, 0.29) is 17.0 Å². The number of rotatable bonds is 7. The highest BCUT2D eigenvalue weighted by Crippen LogP contribution is 2.30. The smallest absolute Gasteiger partial charge is 0.270 e. The predicted octanol–water partition coefficient (Wildman–Crippen LogP) is 4.66. The van der Waals surface area contributed by atoms with Crippen LogP contribution in [0.2, 0.25) is 0 Å². The van der Waals surface area contributed by atoms with Gasteiger partial charge in [0.25, 0.3) is 11.6 Å². The highest BCUT2D eigenvalue weighted by Gasteiger charge is 2.19. The number of nitro groups is 1. The first kappa shape index (κ1) is 19.7. The van der Waals surface area contributed by atoms with Gasteiger partial charge in [-0.05, 0) is 42.5 Å². The van der Waals surface area contributed by atoms with Crippen molar-refractivity contribution >= 4 is 17.3 Å². The Morgan fingerprint density at radius 3 is 2.24 bits per heavy atom. The third kappa shape index (κ3) is 4.81. The number of anilines is 1. The van der Waals surface area contributed by atoms with Crippen LogP contribution >= 0.6 is 0 Å². The number of benzene rings is 3. The molecule has 0 bridgehead atoms. The van der Waals surface area contributed by atoms with Crippen LogP contribution in [0.4, 0.5) is 11.4 Å². The maximum absolute atomic E-state index is 12.8. The van der Waals surface area contributed by atoms with E-state index in [1.165, 1.54) is 25.3 Å². The first-order valence-corrected chi connectivity index (χ1v) is 8.56. The van der Waals surface area contributed by atoms with Crippen molar-refractivity contribution in [1.29, 1.82) is 0 Å². The first-order valence-electron chi connectivity index (χ1n) is 8.56. The van der Waals surface area contributed by atoms with Crippen LogP contribution in [0.25, 0.3) is 0 Å². The largest absolute Gasteiger partial charge is 0.497 e. The van der Waals surface area contributed by atoms with E-state index in [9.17, 15) is 14.9 Å². The molecule has 0 spiro atoms. The first-order chi connectivity index (χ1) is 14.0. The Bertz CT molecular complexity index is 1030. The third-order valence-electron chi connectivity index (χ3n) is 4.03. The van der Waals surface area contributed by atoms with Gasteiger partial charge in [-0.2, -0.15) is 0 Å². The molecule has 0 fully saturated rings. The van der Waals surface area contributed by atoms with Gasteiger partial charge < -0.3 is 19.5 Å². The molecular formula is C21H18N2O6. The number of carbonyl (C=O) groups excluding carboxylic acids is 1. The summed E-state index contributed by atoms with van der Waals surface area (Å²) in [6.07, 6.45) is 0. The van der Waals surface area contributed by atoms with E-state index in [0.717, 1.165) is 0 Å². The van der Waals surface area contributed by atoms with E-state index in [1.807, 2.05) is 0 Å². The average Bonchev–Trinajstić information content (AvgIpc) is 2.74. The molecule has 0 saturated carbocycles. The predicted molar refractivity (Wildman–Crippen MR) is 107 cm³/mol. The Balaban J connectivity index is 1.92. The molecule has 148 valence electrons. The summed E-state index contributed by atoms with van der Waals surface area (Å²) in [5.74, 6) is 1.30. The molecule has 3 aromatic carbocycles. The number of nitro benzene ring substituents is 1. The average molecular weight is 394 g/mol. The molecule has 0 aliphatic heterocycles. The van der Waals surface area contributed by atoms with Gasteiger partial charge >= 0.3 is 0 Å². The molecule has 0 heterocycles. The summed E-state index contributed by atoms with van der Waals surface area (Å²) in [5, 5.41) is 13.9. The highest BCUT2D eigenvalue weighted by atomic mass is 16.6. The number of hydrogen-bond acceptors (Lipinski definition) is 6. The fraction of sp³-hybridized carbons (Fsp3) is 0.0952. The number of non-ortho nitro benzene ring substituents is 1. The Labute approximate surface area is 166 Å². The Hall–Kier alpha value is -4.07. The second-order valence-electron chi connectivity index (χ2n) is 5.90. The van der Waals surface area contributed by atoms with Crippen molar-refractivity contribution in [3.63, 3.8) is 0 Å². The molecule has 0 aromatic heterocycles. The van der Waals surface area contributed by atoms with Crippen LogP contribution in [0.15, 0.2) is 66.7 Å². The maximum atomic E-state index is 12.8. The molecule has 0 radical (unpaired) electrons. The Morgan fingerprint density at radius 1 is 0.897 bits per heavy atom. The molecular weight excluding hydrogens is 376 g/mol. The molecule has 0 unspecified atom stereocenters. The number of ether oxygens (including phenoxy) is 3. The van der Waals surface area contributed by atoms with Crippen molar-refractivity contribution in [3.8, 4) is 23.0 Å². The van der Waals surface area contributed by atoms with Gasteiger partial charge in [-0.25, -0.2) is 0 Å². The van der Waals surface area contributed by atoms with Crippen molar-refractivity contribution < 1.29 is 23.9 Å². The Kier molecular flexibility index (Phi) is 5.94. The lowest BCUT2D eigenvalue weighted by atomic mass is 10.1. The summed E-state index contributed by atoms with van der Waals surface area (Å²) < 4.78 is 16.0. The van der Waals surface area contributed by atoms with E-state index < -0.39 is 10.8 Å². The van der Waals surface area contributed by atoms with Crippen LogP contribution < -0.4 is 19.5 Å². The van der Waals surface area contributed by atoms with E-state index >= 15 is 0 Å². The van der Waals surface area contributed by atoms with Crippen molar-refractivity contribution in [2.75, 3.05) is 19.5 Å². The second-order valence-corrected chi connectivity index (χ2v) is 5.90. The molecule has 0 atom stereocenters. The summed E-state index contributed by atoms with van der Waals surface area (Å²) >= 11 is 0. The zero-order valence-corrected chi connectivity index (χ0v) is 15.7. The second kappa shape index (κ2) is 8.75. The number of nitrogens with one attached hydrogen (secondary N) is 1. The lowest BCUT2D eigenvalue weighted by molar-refractivity contribution is -0.384. The van der Waals surface area contributed by atoms with Gasteiger partial charge in [-0.15, -0.1) is 0 Å². The minimum absolute atomic E-state index is 0.0258. The van der Waals surface area contributed by atoms with Gasteiger partial charge in [0.05, 0.1) is 24.7 Å². The van der Waals surface area contributed by atoms with Crippen molar-refractivity contribution in [1.82, 2.24) is 0 Å². The molecule has 8 heteroatoms. The van der Waals surface area contributed by atoms with Crippen LogP contribution in [-0.2, 0) is 0 Å². The van der Waals surface area contributed by atoms with E-state index in [4.69, 9.17) is 14.2 Å². The number of hydrogen-bond donors (Lipinski definition) is 1. The van der Waals surface area contributed by atoms with Crippen LogP contribution in [0, 0.1) is 10.1 Å². The molecule has 0 aliphatic carbocycles. The van der Waals surface area contributed by atoms with Gasteiger partial charge in [0, 0.05) is 23.9 Å². The van der Waals surface area contributed by atoms with E-state index in [0.29, 0.717) is 22.9 Å². The molecule has 29 heavy (non-hydrogen) atoms. The zero-order chi connectivity index (χ0) is 20.8. The topological polar surface area (TPSA) is 99.9 Å². The standard InChI is InChI=1S/C21H18N2O6/c1-27-16-7-9-17(10-8-16)29-20-11-6-15(23(25)26)13-19(20)21(24)22-14-4-3-5-18(12-14)28-2/h3-13H,1-2H3,(H,22,24). The quantitative estimate of drug-likeness (QED) is 0.462. The van der Waals surface area contributed by atoms with Gasteiger partial charge in [-0.1, -0.05) is 6.07 Å². The minimum Gasteiger partial charge on any atom is -0.497 e. The summed E-state index contributed by atoms with van der Waals surface area (Å²) in [6.45, 7) is 0. The summed E-state index contributed by atoms with van der Waals surface area (Å²) in [7, 11) is 3.06. The third-order valence-corrected chi connectivity index (χ3v) is 4.03. The molecule has 8 nitrogen and oxygen atoms in total. The number of methoxy groups -OCH3 is 2. The summed E-state index contributed by atoms with van der Waals surface area (Å²) in [4.78, 5) is 23.4. The molecule has 1 amide bonds. The van der Waals surface area contributed by atoms with E-state index in [2.05, 4.69) is 5.32 Å². The fourth-order valence-corrected chi connectivity index (χ4v) is 2.57. The van der Waals surface area contributed by atoms with Gasteiger partial charge in [0.15, 0.2) is 0 Å². The van der Waals surface area contributed by atoms with Crippen molar-refractivity contribution in [2.45, 2.75) is 0 Å². The van der Waals surface area contributed by atoms with E-state index in [1.54, 1.807) is 55.6 Å². The normalized spacial score (nSPS) is 10.1. The fourth-order valence-electron chi connectivity index (χ4n) is 2.57. The summed E-state index contributed by atoms with van der Waals surface area (Å²) in [6, 6.07) is 17.4. The van der Waals surface area contributed by atoms with Crippen molar-refractivity contribution in [3.05, 3.63) is 82.4 Å². The number of amides is 1. The van der Waals surface area contributed by atoms with Gasteiger partial charge in [0.1, 0.15) is 23.0 Å². The monoisotopic (exact) mass is 394 g/mol. The minimum atomic E-state index is -0.570. The van der Waals surface area contributed by atoms with Crippen LogP contribution in [0.5, 0.6) is 23.0 Å². The Morgan fingerprint density at radius 2 is 1.59 bits per heavy atom. The molecule has 1 N–H and O–H groups in total. The molecule has 3 aromatic rings. The lowest BCUT2D eigenvalue weighted by Crippen LogP contribution is -2.13. The zero-order valence-electron chi connectivity index (χ0n) is 15.7. The molecule has 3 rings (SSSR count). The lowest BCUT2D eigenvalue weighted by Gasteiger charge is -2.12. The highest BCUT2D eigenvalue weighted by molar-refractivity contribution is 6.06.